The summed E-state index contributed by atoms with van der Waals surface area (Å²) >= 11 is 0. The van der Waals surface area contributed by atoms with Crippen LogP contribution in [-0.4, -0.2) is 92.1 Å². The first-order chi connectivity index (χ1) is 30.4. The highest BCUT2D eigenvalue weighted by Crippen LogP contribution is 2.55. The van der Waals surface area contributed by atoms with Crippen LogP contribution in [0.1, 0.15) is 127 Å². The van der Waals surface area contributed by atoms with Crippen molar-refractivity contribution in [3.8, 4) is 22.4 Å². The lowest BCUT2D eigenvalue weighted by molar-refractivity contribution is -0.140. The fraction of sp³-hybridized carbons (Fsp3) is 0.592. The average molecular weight is 859 g/mol. The molecule has 3 saturated carbocycles. The average Bonchev–Trinajstić information content (AvgIpc) is 4.14. The van der Waals surface area contributed by atoms with E-state index in [0.717, 1.165) is 85.3 Å². The molecule has 2 aliphatic heterocycles. The highest BCUT2D eigenvalue weighted by molar-refractivity contribution is 5.89. The summed E-state index contributed by atoms with van der Waals surface area (Å²) in [7, 11) is 2.65. The lowest BCUT2D eigenvalue weighted by Gasteiger charge is -2.37. The Labute approximate surface area is 369 Å². The molecule has 334 valence electrons. The van der Waals surface area contributed by atoms with Crippen LogP contribution in [0.2, 0.25) is 0 Å². The fourth-order valence-electron chi connectivity index (χ4n) is 12.9. The zero-order valence-corrected chi connectivity index (χ0v) is 37.5. The van der Waals surface area contributed by atoms with Gasteiger partial charge < -0.3 is 39.9 Å². The van der Waals surface area contributed by atoms with Crippen molar-refractivity contribution in [1.82, 2.24) is 40.4 Å². The number of benzene rings is 2. The molecule has 2 saturated heterocycles. The number of aromatic amines is 2. The highest BCUT2D eigenvalue weighted by atomic mass is 16.5. The minimum atomic E-state index is -0.687. The number of nitrogens with zero attached hydrogens (tertiary/aromatic N) is 4. The summed E-state index contributed by atoms with van der Waals surface area (Å²) in [5, 5.41) is 5.61. The number of aromatic nitrogens is 4. The largest absolute Gasteiger partial charge is 0.453 e. The number of likely N-dealkylation sites (tertiary alicyclic amines) is 2. The molecule has 6 aliphatic rings. The Kier molecular flexibility index (Phi) is 10.6. The van der Waals surface area contributed by atoms with Gasteiger partial charge in [-0.3, -0.25) is 9.59 Å². The zero-order chi connectivity index (χ0) is 43.9. The fourth-order valence-corrected chi connectivity index (χ4v) is 12.9. The Morgan fingerprint density at radius 1 is 0.730 bits per heavy atom. The molecule has 2 aromatic carbocycles. The standard InChI is InChI=1S/C49H62N8O6/c1-25(2)39(54-47(60)62-5)45(58)56-30-12-9-28(19-30)41(56)43-50-24-38(53-43)33-15-14-32(34-22-49(23-35(33)34)17-7-8-18-49)27-11-16-36-37(21-27)52-44(51-36)42-29-10-13-31(20-29)57(42)46(59)40(26(3)4)55-48(61)63-6/h11,14-16,21,24-26,28-31,39-42H,7-10,12-13,17-20,22-23H2,1-6H3,(H,50,53)(H,51,52)(H,54,60)(H,55,61)/t28?,29?,30?,31?,39-,40+,41?,42?/m1/s1. The molecule has 4 heterocycles. The van der Waals surface area contributed by atoms with Gasteiger partial charge in [0.2, 0.25) is 11.8 Å². The van der Waals surface area contributed by atoms with E-state index < -0.39 is 24.3 Å². The van der Waals surface area contributed by atoms with Crippen LogP contribution < -0.4 is 10.6 Å². The SMILES string of the molecule is COC(=O)N[C@H](C(=O)N1C2CCC(C2)C1c1nc2ccc(-c3ccc(-c4cnc(C5C6CCC(C6)N5C(=O)[C@H](NC(=O)OC)C(C)C)[nH]4)c4c3CC3(CCCC3)C4)cc2[nH]1)C(C)C. The van der Waals surface area contributed by atoms with Gasteiger partial charge in [0.05, 0.1) is 49.2 Å². The van der Waals surface area contributed by atoms with Crippen molar-refractivity contribution in [2.45, 2.75) is 141 Å². The van der Waals surface area contributed by atoms with Crippen LogP contribution in [0.15, 0.2) is 36.5 Å². The summed E-state index contributed by atoms with van der Waals surface area (Å²) in [5.41, 5.74) is 9.39. The number of carbonyl (C=O) groups excluding carboxylic acids is 4. The second kappa shape index (κ2) is 16.0. The number of rotatable bonds is 10. The number of methoxy groups -OCH3 is 2. The molecular formula is C49H62N8O6. The van der Waals surface area contributed by atoms with E-state index in [1.807, 2.05) is 43.7 Å². The second-order valence-electron chi connectivity index (χ2n) is 20.3. The van der Waals surface area contributed by atoms with E-state index in [-0.39, 0.29) is 53.2 Å². The van der Waals surface area contributed by atoms with Crippen molar-refractivity contribution in [3.63, 3.8) is 0 Å². The number of carbonyl (C=O) groups is 4. The molecule has 1 spiro atoms. The Bertz CT molecular complexity index is 2450. The van der Waals surface area contributed by atoms with Gasteiger partial charge in [0.25, 0.3) is 0 Å². The van der Waals surface area contributed by atoms with Gasteiger partial charge in [-0.25, -0.2) is 19.6 Å². The molecule has 5 fully saturated rings. The molecule has 2 aromatic heterocycles. The summed E-state index contributed by atoms with van der Waals surface area (Å²) in [6.45, 7) is 7.80. The van der Waals surface area contributed by atoms with E-state index in [1.54, 1.807) is 0 Å². The van der Waals surface area contributed by atoms with Crippen LogP contribution in [0.5, 0.6) is 0 Å². The minimum absolute atomic E-state index is 0.0747. The molecule has 0 radical (unpaired) electrons. The van der Waals surface area contributed by atoms with Crippen molar-refractivity contribution in [2.24, 2.45) is 29.1 Å². The number of imidazole rings is 2. The van der Waals surface area contributed by atoms with Crippen molar-refractivity contribution in [3.05, 3.63) is 59.3 Å². The summed E-state index contributed by atoms with van der Waals surface area (Å²) in [6.07, 6.45) is 13.7. The van der Waals surface area contributed by atoms with Crippen molar-refractivity contribution >= 4 is 35.0 Å². The van der Waals surface area contributed by atoms with Crippen LogP contribution >= 0.6 is 0 Å². The van der Waals surface area contributed by atoms with E-state index in [2.05, 4.69) is 50.9 Å². The maximum Gasteiger partial charge on any atom is 0.407 e. The van der Waals surface area contributed by atoms with Crippen LogP contribution in [0.3, 0.4) is 0 Å². The number of piperidine rings is 2. The van der Waals surface area contributed by atoms with Crippen molar-refractivity contribution < 1.29 is 28.7 Å². The van der Waals surface area contributed by atoms with Gasteiger partial charge in [-0.15, -0.1) is 0 Å². The quantitative estimate of drug-likeness (QED) is 0.124. The number of hydrogen-bond donors (Lipinski definition) is 4. The molecule has 4 amide bonds. The molecule has 4 N–H and O–H groups in total. The number of ether oxygens (including phenoxy) is 2. The third-order valence-corrected chi connectivity index (χ3v) is 15.9. The molecule has 4 aliphatic carbocycles. The lowest BCUT2D eigenvalue weighted by Crippen LogP contribution is -2.54. The zero-order valence-electron chi connectivity index (χ0n) is 37.5. The predicted octanol–water partition coefficient (Wildman–Crippen LogP) is 8.14. The van der Waals surface area contributed by atoms with E-state index in [9.17, 15) is 19.2 Å². The van der Waals surface area contributed by atoms with Gasteiger partial charge in [0, 0.05) is 17.6 Å². The number of nitrogens with one attached hydrogen (secondary N) is 4. The first-order valence-electron chi connectivity index (χ1n) is 23.4. The summed E-state index contributed by atoms with van der Waals surface area (Å²) < 4.78 is 9.77. The molecule has 14 nitrogen and oxygen atoms in total. The maximum absolute atomic E-state index is 14.2. The second-order valence-corrected chi connectivity index (χ2v) is 20.3. The lowest BCUT2D eigenvalue weighted by atomic mass is 9.83. The third-order valence-electron chi connectivity index (χ3n) is 15.9. The Balaban J connectivity index is 0.964. The molecule has 6 unspecified atom stereocenters. The van der Waals surface area contributed by atoms with Crippen LogP contribution in [-0.2, 0) is 31.9 Å². The third kappa shape index (κ3) is 7.06. The smallest absolute Gasteiger partial charge is 0.407 e. The van der Waals surface area contributed by atoms with Gasteiger partial charge in [-0.2, -0.15) is 0 Å². The van der Waals surface area contributed by atoms with E-state index in [0.29, 0.717) is 11.8 Å². The van der Waals surface area contributed by atoms with Gasteiger partial charge in [0.1, 0.15) is 23.7 Å². The molecule has 10 rings (SSSR count). The van der Waals surface area contributed by atoms with Crippen LogP contribution in [0.25, 0.3) is 33.4 Å². The summed E-state index contributed by atoms with van der Waals surface area (Å²) in [4.78, 5) is 74.6. The molecule has 4 aromatic rings. The normalized spacial score (nSPS) is 26.3. The maximum atomic E-state index is 14.2. The van der Waals surface area contributed by atoms with Gasteiger partial charge in [-0.1, -0.05) is 58.7 Å². The predicted molar refractivity (Wildman–Crippen MR) is 237 cm³/mol. The van der Waals surface area contributed by atoms with E-state index in [1.165, 1.54) is 62.2 Å². The molecule has 63 heavy (non-hydrogen) atoms. The number of amides is 4. The number of alkyl carbamates (subject to hydrolysis) is 2. The number of hydrogen-bond acceptors (Lipinski definition) is 8. The number of fused-ring (bicyclic) bond motifs is 6. The minimum Gasteiger partial charge on any atom is -0.453 e. The molecule has 8 atom stereocenters. The van der Waals surface area contributed by atoms with Gasteiger partial charge in [0.15, 0.2) is 0 Å². The van der Waals surface area contributed by atoms with Crippen molar-refractivity contribution in [1.29, 1.82) is 0 Å². The highest BCUT2D eigenvalue weighted by Gasteiger charge is 2.53. The van der Waals surface area contributed by atoms with Gasteiger partial charge in [-0.05, 0) is 128 Å². The summed E-state index contributed by atoms with van der Waals surface area (Å²) in [5.74, 6) is 1.87. The first kappa shape index (κ1) is 41.6. The monoisotopic (exact) mass is 858 g/mol. The summed E-state index contributed by atoms with van der Waals surface area (Å²) in [6, 6.07) is 9.56. The van der Waals surface area contributed by atoms with Gasteiger partial charge >= 0.3 is 12.2 Å². The Hall–Kier alpha value is -5.40. The van der Waals surface area contributed by atoms with Crippen LogP contribution in [0.4, 0.5) is 9.59 Å². The molecular weight excluding hydrogens is 797 g/mol. The molecule has 4 bridgehead atoms. The Morgan fingerprint density at radius 2 is 1.29 bits per heavy atom. The van der Waals surface area contributed by atoms with Crippen molar-refractivity contribution in [2.75, 3.05) is 14.2 Å². The number of H-pyrrole nitrogens is 2. The first-order valence-corrected chi connectivity index (χ1v) is 23.4. The Morgan fingerprint density at radius 3 is 1.86 bits per heavy atom. The molecule has 14 heteroatoms. The van der Waals surface area contributed by atoms with E-state index in [4.69, 9.17) is 19.4 Å². The van der Waals surface area contributed by atoms with E-state index >= 15 is 0 Å². The topological polar surface area (TPSA) is 175 Å². The van der Waals surface area contributed by atoms with Crippen LogP contribution in [0, 0.1) is 29.1 Å².